The number of esters is 1. The second-order valence-corrected chi connectivity index (χ2v) is 5.15. The fourth-order valence-corrected chi connectivity index (χ4v) is 2.50. The Morgan fingerprint density at radius 1 is 1.17 bits per heavy atom. The lowest BCUT2D eigenvalue weighted by Crippen LogP contribution is -2.49. The fraction of sp³-hybridized carbons (Fsp3) is 0.438. The van der Waals surface area contributed by atoms with Gasteiger partial charge in [-0.1, -0.05) is 0 Å². The van der Waals surface area contributed by atoms with E-state index < -0.39 is 17.4 Å². The van der Waals surface area contributed by atoms with Crippen LogP contribution in [0.1, 0.15) is 30.1 Å². The minimum Gasteiger partial charge on any atom is -0.496 e. The number of carbonyl (C=O) groups is 3. The monoisotopic (exact) mass is 322 g/mol. The summed E-state index contributed by atoms with van der Waals surface area (Å²) in [4.78, 5) is 36.4. The van der Waals surface area contributed by atoms with Crippen molar-refractivity contribution in [2.75, 3.05) is 21.3 Å². The summed E-state index contributed by atoms with van der Waals surface area (Å²) in [5, 5.41) is 0. The van der Waals surface area contributed by atoms with Crippen molar-refractivity contribution in [3.05, 3.63) is 17.7 Å². The summed E-state index contributed by atoms with van der Waals surface area (Å²) in [5.74, 6) is -0.773. The Morgan fingerprint density at radius 2 is 1.87 bits per heavy atom. The highest BCUT2D eigenvalue weighted by Gasteiger charge is 2.56. The van der Waals surface area contributed by atoms with Crippen LogP contribution in [-0.2, 0) is 14.3 Å². The van der Waals surface area contributed by atoms with Gasteiger partial charge in [0.2, 0.25) is 5.78 Å². The molecular formula is C16H18O7. The zero-order valence-electron chi connectivity index (χ0n) is 13.4. The topological polar surface area (TPSA) is 88.1 Å². The number of ether oxygens (including phenoxy) is 4. The second-order valence-electron chi connectivity index (χ2n) is 5.15. The summed E-state index contributed by atoms with van der Waals surface area (Å²) in [6, 6.07) is 3.02. The van der Waals surface area contributed by atoms with Crippen LogP contribution in [0.2, 0.25) is 0 Å². The van der Waals surface area contributed by atoms with Crippen LogP contribution in [0.3, 0.4) is 0 Å². The van der Waals surface area contributed by atoms with E-state index in [1.807, 2.05) is 0 Å². The van der Waals surface area contributed by atoms with Crippen molar-refractivity contribution in [2.45, 2.75) is 25.4 Å². The Balaban J connectivity index is 2.54. The smallest absolute Gasteiger partial charge is 0.358 e. The lowest BCUT2D eigenvalue weighted by molar-refractivity contribution is -0.154. The molecule has 124 valence electrons. The van der Waals surface area contributed by atoms with Gasteiger partial charge >= 0.3 is 5.97 Å². The molecule has 7 heteroatoms. The number of hydrogen-bond acceptors (Lipinski definition) is 7. The van der Waals surface area contributed by atoms with E-state index in [0.717, 1.165) is 7.11 Å². The van der Waals surface area contributed by atoms with Crippen LogP contribution in [0.15, 0.2) is 12.1 Å². The molecule has 0 spiro atoms. The number of Topliss-reactive ketones (excluding diaryl/α,β-unsaturated/α-hetero) is 2. The highest BCUT2D eigenvalue weighted by atomic mass is 16.6. The third-order valence-corrected chi connectivity index (χ3v) is 3.72. The summed E-state index contributed by atoms with van der Waals surface area (Å²) in [6.45, 7) is 1.38. The first-order valence-corrected chi connectivity index (χ1v) is 6.97. The first-order valence-electron chi connectivity index (χ1n) is 6.97. The van der Waals surface area contributed by atoms with Crippen LogP contribution >= 0.6 is 0 Å². The summed E-state index contributed by atoms with van der Waals surface area (Å²) in [5.41, 5.74) is -1.73. The van der Waals surface area contributed by atoms with Crippen molar-refractivity contribution in [3.63, 3.8) is 0 Å². The molecule has 7 nitrogen and oxygen atoms in total. The molecule has 23 heavy (non-hydrogen) atoms. The first-order chi connectivity index (χ1) is 10.9. The fourth-order valence-electron chi connectivity index (χ4n) is 2.50. The molecule has 0 aromatic heterocycles. The average Bonchev–Trinajstić information content (AvgIpc) is 2.84. The van der Waals surface area contributed by atoms with E-state index >= 15 is 0 Å². The van der Waals surface area contributed by atoms with E-state index in [0.29, 0.717) is 5.75 Å². The number of rotatable bonds is 6. The highest BCUT2D eigenvalue weighted by molar-refractivity contribution is 6.20. The minimum atomic E-state index is -1.87. The van der Waals surface area contributed by atoms with Crippen molar-refractivity contribution in [3.8, 4) is 17.2 Å². The van der Waals surface area contributed by atoms with Crippen molar-refractivity contribution >= 4 is 17.5 Å². The van der Waals surface area contributed by atoms with E-state index in [2.05, 4.69) is 0 Å². The van der Waals surface area contributed by atoms with Gasteiger partial charge in [-0.05, 0) is 6.92 Å². The predicted molar refractivity (Wildman–Crippen MR) is 79.2 cm³/mol. The third kappa shape index (κ3) is 2.74. The number of carbonyl (C=O) groups excluding carboxylic acids is 3. The molecule has 1 aliphatic heterocycles. The van der Waals surface area contributed by atoms with Gasteiger partial charge < -0.3 is 23.7 Å². The SMILES string of the molecule is COC(=O)C1(CCC(C)=O)Oc2cc(OC)cc(OC)c2C1=O. The van der Waals surface area contributed by atoms with Crippen molar-refractivity contribution < 1.29 is 33.3 Å². The summed E-state index contributed by atoms with van der Waals surface area (Å²) >= 11 is 0. The Kier molecular flexibility index (Phi) is 4.58. The molecule has 0 aliphatic carbocycles. The van der Waals surface area contributed by atoms with Crippen LogP contribution in [0, 0.1) is 0 Å². The number of ketones is 2. The van der Waals surface area contributed by atoms with Gasteiger partial charge in [-0.15, -0.1) is 0 Å². The molecule has 1 aromatic carbocycles. The Hall–Kier alpha value is -2.57. The van der Waals surface area contributed by atoms with Crippen molar-refractivity contribution in [1.82, 2.24) is 0 Å². The Labute approximate surface area is 133 Å². The molecule has 0 bridgehead atoms. The lowest BCUT2D eigenvalue weighted by atomic mass is 9.89. The van der Waals surface area contributed by atoms with Gasteiger partial charge in [0.1, 0.15) is 28.6 Å². The number of fused-ring (bicyclic) bond motifs is 1. The molecule has 0 radical (unpaired) electrons. The van der Waals surface area contributed by atoms with Gasteiger partial charge in [-0.25, -0.2) is 4.79 Å². The molecule has 1 atom stereocenters. The van der Waals surface area contributed by atoms with Gasteiger partial charge in [0.25, 0.3) is 5.60 Å². The predicted octanol–water partition coefficient (Wildman–Crippen LogP) is 1.56. The summed E-state index contributed by atoms with van der Waals surface area (Å²) in [7, 11) is 4.02. The van der Waals surface area contributed by atoms with Gasteiger partial charge in [-0.2, -0.15) is 0 Å². The maximum Gasteiger partial charge on any atom is 0.358 e. The minimum absolute atomic E-state index is 0.00821. The summed E-state index contributed by atoms with van der Waals surface area (Å²) < 4.78 is 20.7. The molecular weight excluding hydrogens is 304 g/mol. The van der Waals surface area contributed by atoms with Crippen LogP contribution in [0.25, 0.3) is 0 Å². The molecule has 0 fully saturated rings. The van der Waals surface area contributed by atoms with E-state index in [-0.39, 0.29) is 35.7 Å². The average molecular weight is 322 g/mol. The lowest BCUT2D eigenvalue weighted by Gasteiger charge is -2.23. The van der Waals surface area contributed by atoms with Crippen molar-refractivity contribution in [1.29, 1.82) is 0 Å². The zero-order valence-corrected chi connectivity index (χ0v) is 13.4. The third-order valence-electron chi connectivity index (χ3n) is 3.72. The molecule has 0 saturated carbocycles. The highest BCUT2D eigenvalue weighted by Crippen LogP contribution is 2.45. The molecule has 2 rings (SSSR count). The molecule has 1 aromatic rings. The van der Waals surface area contributed by atoms with E-state index in [9.17, 15) is 14.4 Å². The van der Waals surface area contributed by atoms with Crippen LogP contribution in [-0.4, -0.2) is 44.5 Å². The molecule has 1 aliphatic rings. The number of hydrogen-bond donors (Lipinski definition) is 0. The molecule has 1 heterocycles. The van der Waals surface area contributed by atoms with E-state index in [1.54, 1.807) is 0 Å². The maximum absolute atomic E-state index is 12.9. The molecule has 0 amide bonds. The molecule has 1 unspecified atom stereocenters. The Morgan fingerprint density at radius 3 is 2.39 bits per heavy atom. The standard InChI is InChI=1S/C16H18O7/c1-9(17)5-6-16(15(19)22-4)14(18)13-11(21-3)7-10(20-2)8-12(13)23-16/h7-8H,5-6H2,1-4H3. The van der Waals surface area contributed by atoms with Crippen molar-refractivity contribution in [2.24, 2.45) is 0 Å². The van der Waals surface area contributed by atoms with Crippen LogP contribution in [0.5, 0.6) is 17.2 Å². The number of benzene rings is 1. The first kappa shape index (κ1) is 16.8. The van der Waals surface area contributed by atoms with Crippen LogP contribution < -0.4 is 14.2 Å². The van der Waals surface area contributed by atoms with Gasteiger partial charge in [0.15, 0.2) is 0 Å². The molecule has 0 N–H and O–H groups in total. The summed E-state index contributed by atoms with van der Waals surface area (Å²) in [6.07, 6.45) is -0.0950. The zero-order chi connectivity index (χ0) is 17.2. The van der Waals surface area contributed by atoms with Crippen LogP contribution in [0.4, 0.5) is 0 Å². The van der Waals surface area contributed by atoms with E-state index in [4.69, 9.17) is 18.9 Å². The van der Waals surface area contributed by atoms with Gasteiger partial charge in [0, 0.05) is 25.0 Å². The Bertz CT molecular complexity index is 665. The largest absolute Gasteiger partial charge is 0.496 e. The number of methoxy groups -OCH3 is 3. The van der Waals surface area contributed by atoms with E-state index in [1.165, 1.54) is 33.3 Å². The second kappa shape index (κ2) is 6.28. The van der Waals surface area contributed by atoms with Gasteiger partial charge in [-0.3, -0.25) is 4.79 Å². The quantitative estimate of drug-likeness (QED) is 0.580. The molecule has 0 saturated heterocycles. The maximum atomic E-state index is 12.9. The normalized spacial score (nSPS) is 18.9. The van der Waals surface area contributed by atoms with Gasteiger partial charge in [0.05, 0.1) is 21.3 Å².